The minimum absolute atomic E-state index is 0.112. The van der Waals surface area contributed by atoms with Gasteiger partial charge in [-0.05, 0) is 61.6 Å². The Hall–Kier alpha value is -3.04. The number of carbonyl (C=O) groups is 1. The first-order chi connectivity index (χ1) is 14.7. The molecule has 0 aliphatic heterocycles. The topological polar surface area (TPSA) is 117 Å². The number of benzene rings is 2. The maximum absolute atomic E-state index is 12.8. The van der Waals surface area contributed by atoms with Gasteiger partial charge in [-0.2, -0.15) is 4.72 Å². The number of hydrogen-bond acceptors (Lipinski definition) is 5. The van der Waals surface area contributed by atoms with Crippen molar-refractivity contribution in [2.75, 3.05) is 0 Å². The van der Waals surface area contributed by atoms with Gasteiger partial charge in [0, 0.05) is 12.5 Å². The summed E-state index contributed by atoms with van der Waals surface area (Å²) >= 11 is 0. The molecule has 1 aliphatic carbocycles. The molecule has 1 amide bonds. The van der Waals surface area contributed by atoms with Crippen LogP contribution in [0.2, 0.25) is 0 Å². The van der Waals surface area contributed by atoms with Crippen molar-refractivity contribution < 1.29 is 13.2 Å². The van der Waals surface area contributed by atoms with Crippen LogP contribution in [0.3, 0.4) is 0 Å². The molecule has 0 radical (unpaired) electrons. The minimum atomic E-state index is -3.74. The molecule has 0 atom stereocenters. The number of aromatic nitrogens is 3. The molecule has 1 aromatic heterocycles. The summed E-state index contributed by atoms with van der Waals surface area (Å²) in [6.07, 6.45) is 3.45. The van der Waals surface area contributed by atoms with Crippen LogP contribution < -0.4 is 10.0 Å². The molecule has 9 heteroatoms. The van der Waals surface area contributed by atoms with Crippen LogP contribution in [-0.4, -0.2) is 29.7 Å². The first-order valence-corrected chi connectivity index (χ1v) is 11.6. The van der Waals surface area contributed by atoms with E-state index in [4.69, 9.17) is 0 Å². The molecule has 0 spiro atoms. The van der Waals surface area contributed by atoms with E-state index in [1.54, 1.807) is 38.1 Å². The summed E-state index contributed by atoms with van der Waals surface area (Å²) in [5.41, 5.74) is 2.53. The number of nitrogens with one attached hydrogen (secondary N) is 3. The Labute approximate surface area is 181 Å². The fourth-order valence-corrected chi connectivity index (χ4v) is 4.71. The highest BCUT2D eigenvalue weighted by Gasteiger charge is 2.30. The summed E-state index contributed by atoms with van der Waals surface area (Å²) < 4.78 is 28.4. The van der Waals surface area contributed by atoms with E-state index >= 15 is 0 Å². The monoisotopic (exact) mass is 439 g/mol. The number of carbonyl (C=O) groups excluding carboxylic acids is 1. The summed E-state index contributed by atoms with van der Waals surface area (Å²) in [6, 6.07) is 14.6. The quantitative estimate of drug-likeness (QED) is 0.499. The molecule has 3 aromatic rings. The van der Waals surface area contributed by atoms with Gasteiger partial charge in [0.1, 0.15) is 0 Å². The summed E-state index contributed by atoms with van der Waals surface area (Å²) in [5.74, 6) is 0.294. The molecule has 1 aliphatic rings. The molecule has 8 nitrogen and oxygen atoms in total. The molecule has 2 aromatic carbocycles. The molecule has 3 N–H and O–H groups in total. The molecule has 1 heterocycles. The maximum atomic E-state index is 12.8. The second-order valence-corrected chi connectivity index (χ2v) is 10.00. The first kappa shape index (κ1) is 21.2. The Kier molecular flexibility index (Phi) is 5.63. The molecule has 0 unspecified atom stereocenters. The third-order valence-corrected chi connectivity index (χ3v) is 6.99. The van der Waals surface area contributed by atoms with Crippen LogP contribution in [0, 0.1) is 5.92 Å². The molecule has 0 saturated heterocycles. The molecule has 4 rings (SSSR count). The van der Waals surface area contributed by atoms with E-state index in [0.29, 0.717) is 12.2 Å². The fourth-order valence-electron chi connectivity index (χ4n) is 3.32. The lowest BCUT2D eigenvalue weighted by molar-refractivity contribution is -0.122. The molecular weight excluding hydrogens is 414 g/mol. The van der Waals surface area contributed by atoms with Crippen molar-refractivity contribution in [2.24, 2.45) is 5.92 Å². The van der Waals surface area contributed by atoms with Crippen molar-refractivity contribution in [1.29, 1.82) is 0 Å². The van der Waals surface area contributed by atoms with Crippen molar-refractivity contribution in [3.63, 3.8) is 0 Å². The lowest BCUT2D eigenvalue weighted by Crippen LogP contribution is -2.41. The van der Waals surface area contributed by atoms with Gasteiger partial charge in [-0.3, -0.25) is 9.89 Å². The van der Waals surface area contributed by atoms with Gasteiger partial charge in [-0.25, -0.2) is 8.42 Å². The zero-order valence-corrected chi connectivity index (χ0v) is 18.2. The summed E-state index contributed by atoms with van der Waals surface area (Å²) in [6.45, 7) is 3.96. The molecule has 31 heavy (non-hydrogen) atoms. The van der Waals surface area contributed by atoms with Gasteiger partial charge in [-0.1, -0.05) is 35.5 Å². The van der Waals surface area contributed by atoms with Crippen molar-refractivity contribution in [1.82, 2.24) is 25.4 Å². The second-order valence-electron chi connectivity index (χ2n) is 8.32. The van der Waals surface area contributed by atoms with E-state index in [0.717, 1.165) is 29.5 Å². The van der Waals surface area contributed by atoms with Crippen LogP contribution in [0.4, 0.5) is 0 Å². The van der Waals surface area contributed by atoms with Crippen LogP contribution in [0.25, 0.3) is 11.1 Å². The highest BCUT2D eigenvalue weighted by atomic mass is 32.2. The van der Waals surface area contributed by atoms with E-state index in [-0.39, 0.29) is 16.7 Å². The molecule has 1 fully saturated rings. The van der Waals surface area contributed by atoms with Gasteiger partial charge in [0.25, 0.3) is 0 Å². The van der Waals surface area contributed by atoms with Gasteiger partial charge in [-0.15, -0.1) is 5.10 Å². The van der Waals surface area contributed by atoms with Gasteiger partial charge >= 0.3 is 0 Å². The predicted molar refractivity (Wildman–Crippen MR) is 116 cm³/mol. The van der Waals surface area contributed by atoms with Crippen LogP contribution in [0.5, 0.6) is 0 Å². The van der Waals surface area contributed by atoms with E-state index < -0.39 is 15.6 Å². The van der Waals surface area contributed by atoms with Gasteiger partial charge in [0.2, 0.25) is 15.9 Å². The summed E-state index contributed by atoms with van der Waals surface area (Å²) in [4.78, 5) is 12.0. The SMILES string of the molecule is CC(C)(NS(=O)(=O)c1ccc(-c2cccc(CNC(=O)C3CC3)c2)cc1)c1cnn[nH]1. The second kappa shape index (κ2) is 8.24. The number of sulfonamides is 1. The average molecular weight is 440 g/mol. The zero-order valence-electron chi connectivity index (χ0n) is 17.4. The molecule has 1 saturated carbocycles. The maximum Gasteiger partial charge on any atom is 0.241 e. The minimum Gasteiger partial charge on any atom is -0.352 e. The number of H-pyrrole nitrogens is 1. The van der Waals surface area contributed by atoms with Gasteiger partial charge in [0.05, 0.1) is 22.3 Å². The number of rotatable bonds is 8. The van der Waals surface area contributed by atoms with Crippen molar-refractivity contribution in [2.45, 2.75) is 43.7 Å². The third kappa shape index (κ3) is 5.00. The third-order valence-electron chi connectivity index (χ3n) is 5.32. The normalized spacial score (nSPS) is 14.4. The highest BCUT2D eigenvalue weighted by Crippen LogP contribution is 2.29. The Morgan fingerprint density at radius 2 is 1.87 bits per heavy atom. The Morgan fingerprint density at radius 1 is 1.13 bits per heavy atom. The van der Waals surface area contributed by atoms with Gasteiger partial charge in [0.15, 0.2) is 0 Å². The van der Waals surface area contributed by atoms with Crippen molar-refractivity contribution in [3.05, 3.63) is 66.0 Å². The van der Waals surface area contributed by atoms with E-state index in [9.17, 15) is 13.2 Å². The van der Waals surface area contributed by atoms with E-state index in [1.807, 2.05) is 24.3 Å². The zero-order chi connectivity index (χ0) is 22.1. The molecular formula is C22H25N5O3S. The predicted octanol–water partition coefficient (Wildman–Crippen LogP) is 2.71. The standard InChI is InChI=1S/C22H25N5O3S/c1-22(2,20-14-24-27-25-20)26-31(29,30)19-10-8-16(9-11-19)18-5-3-4-15(12-18)13-23-21(28)17-6-7-17/h3-5,8-12,14,17,26H,6-7,13H2,1-2H3,(H,23,28)(H,24,25,27). The summed E-state index contributed by atoms with van der Waals surface area (Å²) in [7, 11) is -3.74. The van der Waals surface area contributed by atoms with Gasteiger partial charge < -0.3 is 5.32 Å². The lowest BCUT2D eigenvalue weighted by Gasteiger charge is -2.24. The average Bonchev–Trinajstić information content (AvgIpc) is 3.44. The van der Waals surface area contributed by atoms with Crippen LogP contribution in [0.1, 0.15) is 37.9 Å². The van der Waals surface area contributed by atoms with Crippen LogP contribution in [-0.2, 0) is 26.9 Å². The van der Waals surface area contributed by atoms with E-state index in [2.05, 4.69) is 25.4 Å². The van der Waals surface area contributed by atoms with E-state index in [1.165, 1.54) is 6.20 Å². The fraction of sp³-hybridized carbons (Fsp3) is 0.318. The molecule has 162 valence electrons. The number of hydrogen-bond donors (Lipinski definition) is 3. The number of amides is 1. The lowest BCUT2D eigenvalue weighted by atomic mass is 10.0. The summed E-state index contributed by atoms with van der Waals surface area (Å²) in [5, 5.41) is 13.0. The highest BCUT2D eigenvalue weighted by molar-refractivity contribution is 7.89. The van der Waals surface area contributed by atoms with Crippen LogP contribution >= 0.6 is 0 Å². The largest absolute Gasteiger partial charge is 0.352 e. The Bertz CT molecular complexity index is 1170. The molecule has 0 bridgehead atoms. The number of aromatic amines is 1. The first-order valence-electron chi connectivity index (χ1n) is 10.1. The van der Waals surface area contributed by atoms with Crippen LogP contribution in [0.15, 0.2) is 59.6 Å². The Morgan fingerprint density at radius 3 is 2.52 bits per heavy atom. The van der Waals surface area contributed by atoms with Crippen molar-refractivity contribution >= 4 is 15.9 Å². The Balaban J connectivity index is 1.47. The smallest absolute Gasteiger partial charge is 0.241 e. The van der Waals surface area contributed by atoms with Crippen molar-refractivity contribution in [3.8, 4) is 11.1 Å². The number of nitrogens with zero attached hydrogens (tertiary/aromatic N) is 2.